The number of rotatable bonds is 15. The van der Waals surface area contributed by atoms with Gasteiger partial charge >= 0.3 is 11.9 Å². The minimum atomic E-state index is -1.32. The number of phenols is 1. The lowest BCUT2D eigenvalue weighted by atomic mass is 10.0. The van der Waals surface area contributed by atoms with Gasteiger partial charge < -0.3 is 36.3 Å². The highest BCUT2D eigenvalue weighted by atomic mass is 32.1. The highest BCUT2D eigenvalue weighted by Crippen LogP contribution is 2.19. The summed E-state index contributed by atoms with van der Waals surface area (Å²) < 4.78 is 0. The molecule has 1 aromatic heterocycles. The molecule has 3 amide bonds. The van der Waals surface area contributed by atoms with Crippen LogP contribution >= 0.6 is 12.6 Å². The van der Waals surface area contributed by atoms with Crippen LogP contribution in [-0.2, 0) is 36.8 Å². The molecule has 3 aromatic rings. The molecule has 41 heavy (non-hydrogen) atoms. The van der Waals surface area contributed by atoms with Gasteiger partial charge in [0.15, 0.2) is 0 Å². The second-order valence-corrected chi connectivity index (χ2v) is 9.79. The van der Waals surface area contributed by atoms with Crippen molar-refractivity contribution in [3.8, 4) is 5.75 Å². The first-order valence-electron chi connectivity index (χ1n) is 12.9. The Labute approximate surface area is 240 Å². The van der Waals surface area contributed by atoms with Crippen molar-refractivity contribution in [1.29, 1.82) is 0 Å². The summed E-state index contributed by atoms with van der Waals surface area (Å²) >= 11 is 3.94. The molecule has 0 saturated carbocycles. The zero-order valence-electron chi connectivity index (χ0n) is 22.0. The maximum Gasteiger partial charge on any atom is 0.327 e. The molecule has 0 aliphatic carbocycles. The number of para-hydroxylation sites is 1. The molecular formula is C28H32N4O8S. The third-order valence-electron chi connectivity index (χ3n) is 6.40. The summed E-state index contributed by atoms with van der Waals surface area (Å²) in [6, 6.07) is 9.58. The van der Waals surface area contributed by atoms with E-state index in [2.05, 4.69) is 33.6 Å². The number of aromatic amines is 1. The Bertz CT molecular complexity index is 1390. The van der Waals surface area contributed by atoms with E-state index in [1.807, 2.05) is 24.3 Å². The number of aliphatic carboxylic acids is 2. The highest BCUT2D eigenvalue weighted by Gasteiger charge is 2.29. The maximum absolute atomic E-state index is 13.3. The molecule has 13 heteroatoms. The van der Waals surface area contributed by atoms with Gasteiger partial charge in [-0.2, -0.15) is 12.6 Å². The number of aromatic hydroxyl groups is 1. The number of nitrogens with one attached hydrogen (secondary N) is 4. The summed E-state index contributed by atoms with van der Waals surface area (Å²) in [5.41, 5.74) is 2.37. The van der Waals surface area contributed by atoms with Crippen LogP contribution in [0.5, 0.6) is 5.75 Å². The van der Waals surface area contributed by atoms with Gasteiger partial charge in [0.05, 0.1) is 0 Å². The van der Waals surface area contributed by atoms with Gasteiger partial charge in [0.1, 0.15) is 23.9 Å². The number of aromatic nitrogens is 1. The van der Waals surface area contributed by atoms with E-state index in [4.69, 9.17) is 0 Å². The molecule has 0 radical (unpaired) electrons. The van der Waals surface area contributed by atoms with E-state index in [0.29, 0.717) is 12.0 Å². The number of carbonyl (C=O) groups excluding carboxylic acids is 3. The predicted octanol–water partition coefficient (Wildman–Crippen LogP) is 1.38. The summed E-state index contributed by atoms with van der Waals surface area (Å²) in [5, 5.41) is 36.4. The van der Waals surface area contributed by atoms with E-state index in [0.717, 1.165) is 16.5 Å². The van der Waals surface area contributed by atoms with E-state index < -0.39 is 54.2 Å². The van der Waals surface area contributed by atoms with Crippen molar-refractivity contribution in [3.05, 3.63) is 65.9 Å². The zero-order valence-corrected chi connectivity index (χ0v) is 22.9. The Kier molecular flexibility index (Phi) is 11.2. The molecule has 2 aromatic carbocycles. The first-order chi connectivity index (χ1) is 19.6. The number of phenolic OH excluding ortho intramolecular Hbond substituents is 1. The quantitative estimate of drug-likeness (QED) is 0.123. The van der Waals surface area contributed by atoms with Gasteiger partial charge in [0.2, 0.25) is 17.7 Å². The van der Waals surface area contributed by atoms with Crippen LogP contribution in [0.25, 0.3) is 10.9 Å². The summed E-state index contributed by atoms with van der Waals surface area (Å²) in [5.74, 6) is -4.80. The first kappa shape index (κ1) is 31.0. The summed E-state index contributed by atoms with van der Waals surface area (Å²) in [4.78, 5) is 64.9. The number of aryl methyl sites for hydroxylation is 1. The van der Waals surface area contributed by atoms with E-state index in [9.17, 15) is 39.3 Å². The minimum Gasteiger partial charge on any atom is -0.508 e. The van der Waals surface area contributed by atoms with Crippen molar-refractivity contribution in [3.63, 3.8) is 0 Å². The van der Waals surface area contributed by atoms with Crippen LogP contribution in [0.15, 0.2) is 54.7 Å². The number of hydrogen-bond acceptors (Lipinski definition) is 7. The normalized spacial score (nSPS) is 13.1. The molecular weight excluding hydrogens is 552 g/mol. The fourth-order valence-corrected chi connectivity index (χ4v) is 4.44. The number of benzene rings is 2. The number of H-pyrrole nitrogens is 1. The summed E-state index contributed by atoms with van der Waals surface area (Å²) in [6.45, 7) is 0. The van der Waals surface area contributed by atoms with Crippen LogP contribution in [0.1, 0.15) is 30.4 Å². The number of carbonyl (C=O) groups is 5. The topological polar surface area (TPSA) is 198 Å². The Morgan fingerprint density at radius 1 is 0.829 bits per heavy atom. The average Bonchev–Trinajstić information content (AvgIpc) is 3.36. The fraction of sp³-hybridized carbons (Fsp3) is 0.321. The second kappa shape index (κ2) is 14.7. The molecule has 1 heterocycles. The molecule has 218 valence electrons. The smallest absolute Gasteiger partial charge is 0.327 e. The Morgan fingerprint density at radius 3 is 2.15 bits per heavy atom. The van der Waals surface area contributed by atoms with E-state index in [1.54, 1.807) is 6.20 Å². The van der Waals surface area contributed by atoms with Crippen molar-refractivity contribution in [2.24, 2.45) is 0 Å². The van der Waals surface area contributed by atoms with Crippen molar-refractivity contribution in [2.75, 3.05) is 5.75 Å². The third kappa shape index (κ3) is 9.28. The standard InChI is InChI=1S/C28H32N4O8S/c33-18-8-5-16(6-9-18)13-22(27(38)32-23(15-41)28(39)40)31-26(37)21(10-12-25(35)36)30-24(34)11-7-17-14-29-20-4-2-1-3-19(17)20/h1-6,8-9,14,21-23,29,33,41H,7,10-13,15H2,(H,30,34)(H,31,37)(H,32,38)(H,35,36)(H,39,40)/t21-,22-,23-/m0/s1. The minimum absolute atomic E-state index is 0.0103. The average molecular weight is 585 g/mol. The van der Waals surface area contributed by atoms with Gasteiger partial charge in [0.25, 0.3) is 0 Å². The number of amides is 3. The monoisotopic (exact) mass is 584 g/mol. The summed E-state index contributed by atoms with van der Waals surface area (Å²) in [6.07, 6.45) is 1.47. The maximum atomic E-state index is 13.3. The molecule has 0 saturated heterocycles. The van der Waals surface area contributed by atoms with Crippen LogP contribution < -0.4 is 16.0 Å². The lowest BCUT2D eigenvalue weighted by Gasteiger charge is -2.24. The van der Waals surface area contributed by atoms with Gasteiger partial charge in [-0.25, -0.2) is 4.79 Å². The van der Waals surface area contributed by atoms with Gasteiger partial charge in [-0.15, -0.1) is 0 Å². The molecule has 0 bridgehead atoms. The van der Waals surface area contributed by atoms with E-state index in [-0.39, 0.29) is 30.8 Å². The molecule has 0 unspecified atom stereocenters. The predicted molar refractivity (Wildman–Crippen MR) is 153 cm³/mol. The SMILES string of the molecule is O=C(O)CC[C@H](NC(=O)CCc1c[nH]c2ccccc12)C(=O)N[C@@H](Cc1ccc(O)cc1)C(=O)N[C@@H](CS)C(=O)O. The van der Waals surface area contributed by atoms with Crippen LogP contribution in [0.3, 0.4) is 0 Å². The number of fused-ring (bicyclic) bond motifs is 1. The van der Waals surface area contributed by atoms with E-state index in [1.165, 1.54) is 24.3 Å². The Hall–Kier alpha value is -4.52. The molecule has 0 aliphatic heterocycles. The van der Waals surface area contributed by atoms with Crippen LogP contribution in [0.4, 0.5) is 0 Å². The van der Waals surface area contributed by atoms with E-state index >= 15 is 0 Å². The van der Waals surface area contributed by atoms with Gasteiger partial charge in [-0.3, -0.25) is 19.2 Å². The molecule has 3 atom stereocenters. The first-order valence-corrected chi connectivity index (χ1v) is 13.5. The van der Waals surface area contributed by atoms with Crippen molar-refractivity contribution in [2.45, 2.75) is 50.2 Å². The van der Waals surface area contributed by atoms with Crippen molar-refractivity contribution >= 4 is 53.2 Å². The van der Waals surface area contributed by atoms with Crippen molar-refractivity contribution < 1.29 is 39.3 Å². The van der Waals surface area contributed by atoms with Crippen LogP contribution in [0, 0.1) is 0 Å². The second-order valence-electron chi connectivity index (χ2n) is 9.43. The van der Waals surface area contributed by atoms with Gasteiger partial charge in [-0.05, 0) is 42.2 Å². The Balaban J connectivity index is 1.73. The molecule has 7 N–H and O–H groups in total. The third-order valence-corrected chi connectivity index (χ3v) is 6.77. The Morgan fingerprint density at radius 2 is 1.49 bits per heavy atom. The van der Waals surface area contributed by atoms with Gasteiger partial charge in [0, 0.05) is 42.1 Å². The largest absolute Gasteiger partial charge is 0.508 e. The van der Waals surface area contributed by atoms with Crippen LogP contribution in [0.2, 0.25) is 0 Å². The number of carboxylic acids is 2. The number of carboxylic acid groups (broad SMARTS) is 2. The summed E-state index contributed by atoms with van der Waals surface area (Å²) in [7, 11) is 0. The zero-order chi connectivity index (χ0) is 29.9. The fourth-order valence-electron chi connectivity index (χ4n) is 4.20. The molecule has 12 nitrogen and oxygen atoms in total. The molecule has 3 rings (SSSR count). The lowest BCUT2D eigenvalue weighted by Crippen LogP contribution is -2.56. The number of hydrogen-bond donors (Lipinski definition) is 8. The van der Waals surface area contributed by atoms with Gasteiger partial charge in [-0.1, -0.05) is 30.3 Å². The lowest BCUT2D eigenvalue weighted by molar-refractivity contribution is -0.141. The van der Waals surface area contributed by atoms with Crippen LogP contribution in [-0.4, -0.2) is 73.8 Å². The molecule has 0 fully saturated rings. The molecule has 0 spiro atoms. The number of thiol groups is 1. The van der Waals surface area contributed by atoms with Crippen molar-refractivity contribution in [1.82, 2.24) is 20.9 Å². The molecule has 0 aliphatic rings. The highest BCUT2D eigenvalue weighted by molar-refractivity contribution is 7.80.